The number of hydrogen-bond donors (Lipinski definition) is 2. The second-order valence-corrected chi connectivity index (χ2v) is 6.46. The van der Waals surface area contributed by atoms with Gasteiger partial charge >= 0.3 is 0 Å². The maximum absolute atomic E-state index is 5.92. The van der Waals surface area contributed by atoms with Crippen molar-refractivity contribution in [2.24, 2.45) is 17.5 Å². The van der Waals surface area contributed by atoms with Gasteiger partial charge in [-0.2, -0.15) is 5.10 Å². The van der Waals surface area contributed by atoms with Gasteiger partial charge in [0.25, 0.3) is 0 Å². The summed E-state index contributed by atoms with van der Waals surface area (Å²) in [6, 6.07) is 0.463. The summed E-state index contributed by atoms with van der Waals surface area (Å²) in [4.78, 5) is 8.89. The van der Waals surface area contributed by atoms with Gasteiger partial charge in [0.2, 0.25) is 0 Å². The van der Waals surface area contributed by atoms with Crippen molar-refractivity contribution in [3.05, 3.63) is 12.2 Å². The molecule has 1 heterocycles. The van der Waals surface area contributed by atoms with Crippen molar-refractivity contribution in [3.63, 3.8) is 0 Å². The molecule has 0 aromatic carbocycles. The van der Waals surface area contributed by atoms with E-state index in [1.165, 1.54) is 19.3 Å². The molecule has 2 atom stereocenters. The summed E-state index contributed by atoms with van der Waals surface area (Å²) in [6.07, 6.45) is 6.89. The van der Waals surface area contributed by atoms with Crippen molar-refractivity contribution in [3.8, 4) is 0 Å². The third-order valence-corrected chi connectivity index (χ3v) is 5.28. The van der Waals surface area contributed by atoms with Crippen molar-refractivity contribution in [1.29, 1.82) is 0 Å². The predicted molar refractivity (Wildman–Crippen MR) is 104 cm³/mol. The summed E-state index contributed by atoms with van der Waals surface area (Å²) in [7, 11) is 1.89. The van der Waals surface area contributed by atoms with E-state index in [-0.39, 0.29) is 24.0 Å². The summed E-state index contributed by atoms with van der Waals surface area (Å²) in [5.74, 6) is 1.73. The molecule has 2 unspecified atom stereocenters. The summed E-state index contributed by atoms with van der Waals surface area (Å²) in [5, 5.41) is 11.0. The van der Waals surface area contributed by atoms with Crippen LogP contribution in [0.3, 0.4) is 0 Å². The lowest BCUT2D eigenvalue weighted by atomic mass is 9.51. The Kier molecular flexibility index (Phi) is 6.85. The molecule has 136 valence electrons. The molecule has 24 heavy (non-hydrogen) atoms. The van der Waals surface area contributed by atoms with Crippen LogP contribution >= 0.6 is 24.0 Å². The lowest BCUT2D eigenvalue weighted by Gasteiger charge is -2.61. The lowest BCUT2D eigenvalue weighted by molar-refractivity contribution is -0.168. The Bertz CT molecular complexity index is 557. The second-order valence-electron chi connectivity index (χ2n) is 6.46. The first-order valence-corrected chi connectivity index (χ1v) is 8.69. The number of guanidine groups is 1. The standard InChI is InChI=1S/C16H28N6O.HI/c1-4-17-15(18-10-14-19-11-20-22(14)3)21-12-9-13(23-5-2)16(12)7-6-8-16;/h11-13H,4-10H2,1-3H3,(H2,17,18,21);1H. The topological polar surface area (TPSA) is 76.4 Å². The molecule has 2 fully saturated rings. The van der Waals surface area contributed by atoms with Crippen molar-refractivity contribution in [1.82, 2.24) is 25.4 Å². The number of hydrogen-bond acceptors (Lipinski definition) is 4. The smallest absolute Gasteiger partial charge is 0.191 e. The van der Waals surface area contributed by atoms with Crippen molar-refractivity contribution >= 4 is 29.9 Å². The molecule has 0 aliphatic heterocycles. The van der Waals surface area contributed by atoms with Gasteiger partial charge in [0.05, 0.1) is 6.10 Å². The number of rotatable bonds is 6. The first kappa shape index (κ1) is 19.4. The third kappa shape index (κ3) is 3.68. The molecule has 1 spiro atoms. The Morgan fingerprint density at radius 1 is 1.46 bits per heavy atom. The van der Waals surface area contributed by atoms with Crippen LogP contribution in [-0.2, 0) is 18.3 Å². The highest BCUT2D eigenvalue weighted by Crippen LogP contribution is 2.57. The van der Waals surface area contributed by atoms with Gasteiger partial charge in [-0.3, -0.25) is 4.68 Å². The molecular formula is C16H29IN6O. The van der Waals surface area contributed by atoms with Crippen molar-refractivity contribution in [2.45, 2.75) is 58.2 Å². The number of halogens is 1. The Morgan fingerprint density at radius 3 is 2.79 bits per heavy atom. The molecule has 8 heteroatoms. The molecular weight excluding hydrogens is 419 g/mol. The van der Waals surface area contributed by atoms with Gasteiger partial charge in [0, 0.05) is 31.7 Å². The van der Waals surface area contributed by atoms with E-state index in [1.807, 2.05) is 7.05 Å². The number of aliphatic imine (C=N–C) groups is 1. The monoisotopic (exact) mass is 448 g/mol. The normalized spacial score (nSPS) is 24.7. The van der Waals surface area contributed by atoms with E-state index in [2.05, 4.69) is 39.6 Å². The van der Waals surface area contributed by atoms with Crippen molar-refractivity contribution in [2.75, 3.05) is 13.2 Å². The fourth-order valence-electron chi connectivity index (χ4n) is 3.74. The number of nitrogens with zero attached hydrogens (tertiary/aromatic N) is 4. The average molecular weight is 448 g/mol. The zero-order chi connectivity index (χ0) is 16.3. The summed E-state index contributed by atoms with van der Waals surface area (Å²) >= 11 is 0. The van der Waals surface area contributed by atoms with Crippen LogP contribution in [0.15, 0.2) is 11.3 Å². The minimum absolute atomic E-state index is 0. The highest BCUT2D eigenvalue weighted by atomic mass is 127. The molecule has 0 bridgehead atoms. The molecule has 1 aromatic rings. The predicted octanol–water partition coefficient (Wildman–Crippen LogP) is 1.84. The van der Waals surface area contributed by atoms with Gasteiger partial charge in [0.15, 0.2) is 5.96 Å². The van der Waals surface area contributed by atoms with Crippen LogP contribution < -0.4 is 10.6 Å². The molecule has 2 aliphatic carbocycles. The largest absolute Gasteiger partial charge is 0.378 e. The fraction of sp³-hybridized carbons (Fsp3) is 0.812. The van der Waals surface area contributed by atoms with Crippen LogP contribution in [0.25, 0.3) is 0 Å². The summed E-state index contributed by atoms with van der Waals surface area (Å²) < 4.78 is 7.68. The summed E-state index contributed by atoms with van der Waals surface area (Å²) in [6.45, 7) is 6.35. The Balaban J connectivity index is 0.00000208. The fourth-order valence-corrected chi connectivity index (χ4v) is 3.74. The van der Waals surface area contributed by atoms with Gasteiger partial charge < -0.3 is 15.4 Å². The molecule has 2 N–H and O–H groups in total. The van der Waals surface area contributed by atoms with E-state index in [4.69, 9.17) is 4.74 Å². The van der Waals surface area contributed by atoms with Gasteiger partial charge in [-0.1, -0.05) is 6.42 Å². The van der Waals surface area contributed by atoms with E-state index in [1.54, 1.807) is 11.0 Å². The van der Waals surface area contributed by atoms with Gasteiger partial charge in [-0.05, 0) is 33.1 Å². The molecule has 1 aromatic heterocycles. The zero-order valence-corrected chi connectivity index (χ0v) is 17.1. The van der Waals surface area contributed by atoms with Crippen LogP contribution in [0, 0.1) is 5.41 Å². The SMILES string of the molecule is CCNC(=NCc1ncnn1C)NC1CC(OCC)C12CCC2.I. The molecule has 0 radical (unpaired) electrons. The first-order valence-electron chi connectivity index (χ1n) is 8.69. The highest BCUT2D eigenvalue weighted by molar-refractivity contribution is 14.0. The van der Waals surface area contributed by atoms with Gasteiger partial charge in [-0.15, -0.1) is 24.0 Å². The summed E-state index contributed by atoms with van der Waals surface area (Å²) in [5.41, 5.74) is 0.330. The second kappa shape index (κ2) is 8.46. The minimum atomic E-state index is 0. The zero-order valence-electron chi connectivity index (χ0n) is 14.8. The molecule has 0 saturated heterocycles. The Labute approximate surface area is 161 Å². The van der Waals surface area contributed by atoms with E-state index >= 15 is 0 Å². The van der Waals surface area contributed by atoms with E-state index in [0.717, 1.165) is 31.4 Å². The number of aryl methyl sites for hydroxylation is 1. The highest BCUT2D eigenvalue weighted by Gasteiger charge is 2.59. The van der Waals surface area contributed by atoms with E-state index in [9.17, 15) is 0 Å². The Hall–Kier alpha value is -0.900. The van der Waals surface area contributed by atoms with Crippen LogP contribution in [0.1, 0.15) is 45.4 Å². The number of nitrogens with one attached hydrogen (secondary N) is 2. The third-order valence-electron chi connectivity index (χ3n) is 5.28. The maximum atomic E-state index is 5.92. The van der Waals surface area contributed by atoms with Gasteiger partial charge in [-0.25, -0.2) is 9.98 Å². The van der Waals surface area contributed by atoms with Crippen LogP contribution in [0.2, 0.25) is 0 Å². The van der Waals surface area contributed by atoms with E-state index < -0.39 is 0 Å². The van der Waals surface area contributed by atoms with Crippen LogP contribution in [0.4, 0.5) is 0 Å². The lowest BCUT2D eigenvalue weighted by Crippen LogP contribution is -2.68. The Morgan fingerprint density at radius 2 is 2.25 bits per heavy atom. The molecule has 2 saturated carbocycles. The number of ether oxygens (including phenoxy) is 1. The minimum Gasteiger partial charge on any atom is -0.378 e. The first-order chi connectivity index (χ1) is 11.2. The van der Waals surface area contributed by atoms with Crippen molar-refractivity contribution < 1.29 is 4.74 Å². The quantitative estimate of drug-likeness (QED) is 0.395. The van der Waals surface area contributed by atoms with Crippen LogP contribution in [-0.4, -0.2) is 46.0 Å². The maximum Gasteiger partial charge on any atom is 0.191 e. The van der Waals surface area contributed by atoms with Crippen LogP contribution in [0.5, 0.6) is 0 Å². The van der Waals surface area contributed by atoms with E-state index in [0.29, 0.717) is 24.1 Å². The van der Waals surface area contributed by atoms with Gasteiger partial charge in [0.1, 0.15) is 18.7 Å². The average Bonchev–Trinajstić information content (AvgIpc) is 2.87. The molecule has 3 rings (SSSR count). The molecule has 0 amide bonds. The molecule has 7 nitrogen and oxygen atoms in total. The number of aromatic nitrogens is 3. The molecule has 2 aliphatic rings.